The molecule has 102 valence electrons. The Bertz CT molecular complexity index is 618. The van der Waals surface area contributed by atoms with E-state index in [4.69, 9.17) is 0 Å². The van der Waals surface area contributed by atoms with Gasteiger partial charge in [-0.15, -0.1) is 0 Å². The third-order valence-electron chi connectivity index (χ3n) is 3.50. The maximum absolute atomic E-state index is 11.4. The summed E-state index contributed by atoms with van der Waals surface area (Å²) < 4.78 is 0. The number of ketones is 1. The normalized spacial score (nSPS) is 14.1. The predicted octanol–water partition coefficient (Wildman–Crippen LogP) is 3.17. The third kappa shape index (κ3) is 3.02. The van der Waals surface area contributed by atoms with Gasteiger partial charge in [0.05, 0.1) is 0 Å². The zero-order valence-corrected chi connectivity index (χ0v) is 11.5. The monoisotopic (exact) mass is 267 g/mol. The quantitative estimate of drug-likeness (QED) is 0.845. The summed E-state index contributed by atoms with van der Waals surface area (Å²) in [5.41, 5.74) is 2.59. The summed E-state index contributed by atoms with van der Waals surface area (Å²) in [5, 5.41) is 3.24. The van der Waals surface area contributed by atoms with Gasteiger partial charge < -0.3 is 5.32 Å². The van der Waals surface area contributed by atoms with Crippen LogP contribution in [0.5, 0.6) is 0 Å². The molecule has 1 aliphatic rings. The lowest BCUT2D eigenvalue weighted by atomic mass is 10.0. The van der Waals surface area contributed by atoms with Gasteiger partial charge in [-0.1, -0.05) is 18.2 Å². The number of nitrogens with one attached hydrogen (secondary N) is 1. The second-order valence-corrected chi connectivity index (χ2v) is 5.26. The van der Waals surface area contributed by atoms with Gasteiger partial charge in [0.25, 0.3) is 0 Å². The van der Waals surface area contributed by atoms with E-state index in [2.05, 4.69) is 15.3 Å². The van der Waals surface area contributed by atoms with Crippen LogP contribution in [0.4, 0.5) is 5.95 Å². The molecule has 1 aromatic heterocycles. The first-order valence-corrected chi connectivity index (χ1v) is 6.89. The van der Waals surface area contributed by atoms with Crippen molar-refractivity contribution < 1.29 is 4.79 Å². The number of anilines is 1. The summed E-state index contributed by atoms with van der Waals surface area (Å²) in [6.07, 6.45) is 6.20. The van der Waals surface area contributed by atoms with Crippen LogP contribution in [0.3, 0.4) is 0 Å². The molecular formula is C16H17N3O. The fourth-order valence-electron chi connectivity index (χ4n) is 2.04. The minimum atomic E-state index is 0.0653. The van der Waals surface area contributed by atoms with Crippen molar-refractivity contribution in [1.82, 2.24) is 9.97 Å². The lowest BCUT2D eigenvalue weighted by Crippen LogP contribution is -2.06. The third-order valence-corrected chi connectivity index (χ3v) is 3.50. The Morgan fingerprint density at radius 2 is 2.00 bits per heavy atom. The Kier molecular flexibility index (Phi) is 3.46. The Morgan fingerprint density at radius 3 is 2.65 bits per heavy atom. The Balaban J connectivity index is 1.75. The molecule has 1 heterocycles. The van der Waals surface area contributed by atoms with Crippen LogP contribution in [-0.2, 0) is 0 Å². The number of nitrogens with zero attached hydrogens (tertiary/aromatic N) is 2. The summed E-state index contributed by atoms with van der Waals surface area (Å²) in [6, 6.07) is 7.53. The molecule has 0 saturated heterocycles. The summed E-state index contributed by atoms with van der Waals surface area (Å²) >= 11 is 0. The van der Waals surface area contributed by atoms with Crippen LogP contribution in [0, 0.1) is 5.92 Å². The molecule has 1 N–H and O–H groups in total. The van der Waals surface area contributed by atoms with Crippen LogP contribution in [-0.4, -0.2) is 22.3 Å². The molecule has 4 heteroatoms. The lowest BCUT2D eigenvalue weighted by Gasteiger charge is -2.05. The van der Waals surface area contributed by atoms with Crippen molar-refractivity contribution in [3.63, 3.8) is 0 Å². The molecule has 4 nitrogen and oxygen atoms in total. The fourth-order valence-corrected chi connectivity index (χ4v) is 2.04. The van der Waals surface area contributed by atoms with E-state index < -0.39 is 0 Å². The van der Waals surface area contributed by atoms with Gasteiger partial charge in [-0.3, -0.25) is 4.79 Å². The minimum absolute atomic E-state index is 0.0653. The van der Waals surface area contributed by atoms with E-state index in [1.807, 2.05) is 24.3 Å². The molecule has 0 atom stereocenters. The van der Waals surface area contributed by atoms with Crippen molar-refractivity contribution >= 4 is 11.7 Å². The molecule has 0 aliphatic heterocycles. The van der Waals surface area contributed by atoms with Gasteiger partial charge in [0.15, 0.2) is 5.78 Å². The standard InChI is InChI=1S/C16H17N3O/c1-11(20)13-3-2-4-14(7-13)15-9-18-16(19-10-15)17-8-12-5-6-12/h2-4,7,9-10,12H,5-6,8H2,1H3,(H,17,18,19). The molecule has 0 radical (unpaired) electrons. The number of carbonyl (C=O) groups excluding carboxylic acids is 1. The number of aromatic nitrogens is 2. The van der Waals surface area contributed by atoms with E-state index in [1.165, 1.54) is 12.8 Å². The van der Waals surface area contributed by atoms with Crippen LogP contribution in [0.25, 0.3) is 11.1 Å². The summed E-state index contributed by atoms with van der Waals surface area (Å²) in [7, 11) is 0. The molecule has 1 aliphatic carbocycles. The lowest BCUT2D eigenvalue weighted by molar-refractivity contribution is 0.101. The van der Waals surface area contributed by atoms with Gasteiger partial charge in [0.2, 0.25) is 5.95 Å². The molecule has 3 rings (SSSR count). The second kappa shape index (κ2) is 5.41. The van der Waals surface area contributed by atoms with Crippen LogP contribution >= 0.6 is 0 Å². The van der Waals surface area contributed by atoms with Gasteiger partial charge in [-0.25, -0.2) is 9.97 Å². The Morgan fingerprint density at radius 1 is 1.25 bits per heavy atom. The molecule has 0 unspecified atom stereocenters. The van der Waals surface area contributed by atoms with Crippen LogP contribution in [0.15, 0.2) is 36.7 Å². The molecule has 2 aromatic rings. The van der Waals surface area contributed by atoms with Crippen molar-refractivity contribution in [2.75, 3.05) is 11.9 Å². The van der Waals surface area contributed by atoms with Crippen molar-refractivity contribution in [3.8, 4) is 11.1 Å². The summed E-state index contributed by atoms with van der Waals surface area (Å²) in [5.74, 6) is 1.53. The topological polar surface area (TPSA) is 54.9 Å². The van der Waals surface area contributed by atoms with Crippen molar-refractivity contribution in [3.05, 3.63) is 42.2 Å². The first-order chi connectivity index (χ1) is 9.72. The molecular weight excluding hydrogens is 250 g/mol. The molecule has 20 heavy (non-hydrogen) atoms. The highest BCUT2D eigenvalue weighted by molar-refractivity contribution is 5.95. The molecule has 0 spiro atoms. The van der Waals surface area contributed by atoms with Gasteiger partial charge >= 0.3 is 0 Å². The molecule has 1 saturated carbocycles. The molecule has 1 aromatic carbocycles. The molecule has 0 bridgehead atoms. The molecule has 1 fully saturated rings. The van der Waals surface area contributed by atoms with E-state index >= 15 is 0 Å². The van der Waals surface area contributed by atoms with Crippen LogP contribution in [0.2, 0.25) is 0 Å². The fraction of sp³-hybridized carbons (Fsp3) is 0.312. The van der Waals surface area contributed by atoms with E-state index in [0.29, 0.717) is 11.5 Å². The first kappa shape index (κ1) is 12.8. The Hall–Kier alpha value is -2.23. The van der Waals surface area contributed by atoms with E-state index in [9.17, 15) is 4.79 Å². The van der Waals surface area contributed by atoms with Gasteiger partial charge in [-0.2, -0.15) is 0 Å². The predicted molar refractivity (Wildman–Crippen MR) is 78.7 cm³/mol. The number of benzene rings is 1. The summed E-state index contributed by atoms with van der Waals surface area (Å²) in [4.78, 5) is 20.0. The largest absolute Gasteiger partial charge is 0.354 e. The van der Waals surface area contributed by atoms with Gasteiger partial charge in [0, 0.05) is 30.1 Å². The average Bonchev–Trinajstić information content (AvgIpc) is 3.30. The first-order valence-electron chi connectivity index (χ1n) is 6.89. The van der Waals surface area contributed by atoms with E-state index in [1.54, 1.807) is 19.3 Å². The Labute approximate surface area is 118 Å². The number of hydrogen-bond donors (Lipinski definition) is 1. The number of rotatable bonds is 5. The second-order valence-electron chi connectivity index (χ2n) is 5.26. The zero-order chi connectivity index (χ0) is 13.9. The molecule has 0 amide bonds. The van der Waals surface area contributed by atoms with Gasteiger partial charge in [-0.05, 0) is 37.3 Å². The highest BCUT2D eigenvalue weighted by Gasteiger charge is 2.20. The maximum Gasteiger partial charge on any atom is 0.222 e. The minimum Gasteiger partial charge on any atom is -0.354 e. The van der Waals surface area contributed by atoms with Crippen LogP contribution < -0.4 is 5.32 Å². The summed E-state index contributed by atoms with van der Waals surface area (Å²) in [6.45, 7) is 2.53. The smallest absolute Gasteiger partial charge is 0.222 e. The average molecular weight is 267 g/mol. The SMILES string of the molecule is CC(=O)c1cccc(-c2cnc(NCC3CC3)nc2)c1. The maximum atomic E-state index is 11.4. The van der Waals surface area contributed by atoms with Crippen LogP contribution in [0.1, 0.15) is 30.1 Å². The van der Waals surface area contributed by atoms with Crippen molar-refractivity contribution in [1.29, 1.82) is 0 Å². The number of Topliss-reactive ketones (excluding diaryl/α,β-unsaturated/α-hetero) is 1. The van der Waals surface area contributed by atoms with E-state index in [-0.39, 0.29) is 5.78 Å². The number of carbonyl (C=O) groups is 1. The highest BCUT2D eigenvalue weighted by Crippen LogP contribution is 2.28. The van der Waals surface area contributed by atoms with Gasteiger partial charge in [0.1, 0.15) is 0 Å². The number of hydrogen-bond acceptors (Lipinski definition) is 4. The van der Waals surface area contributed by atoms with Crippen molar-refractivity contribution in [2.45, 2.75) is 19.8 Å². The van der Waals surface area contributed by atoms with Crippen molar-refractivity contribution in [2.24, 2.45) is 5.92 Å². The highest BCUT2D eigenvalue weighted by atomic mass is 16.1. The van der Waals surface area contributed by atoms with E-state index in [0.717, 1.165) is 23.6 Å². The zero-order valence-electron chi connectivity index (χ0n) is 11.5.